The van der Waals surface area contributed by atoms with E-state index in [-0.39, 0.29) is 5.91 Å². The fraction of sp³-hybridized carbons (Fsp3) is 0.261. The van der Waals surface area contributed by atoms with Crippen LogP contribution < -0.4 is 10.6 Å². The van der Waals surface area contributed by atoms with Gasteiger partial charge in [0.1, 0.15) is 12.1 Å². The molecule has 0 spiro atoms. The van der Waals surface area contributed by atoms with Gasteiger partial charge in [-0.1, -0.05) is 23.7 Å². The van der Waals surface area contributed by atoms with Gasteiger partial charge in [0.2, 0.25) is 5.91 Å². The molecule has 2 N–H and O–H groups in total. The first-order chi connectivity index (χ1) is 15.6. The SMILES string of the molecule is N[C@H](Cc1ccc(Cl)cc1)C(=O)N1CCN(c2ncnc3cc(-c4ccsc4)sc23)CC1. The number of fused-ring (bicyclic) bond motifs is 1. The highest BCUT2D eigenvalue weighted by atomic mass is 35.5. The number of nitrogens with two attached hydrogens (primary N) is 1. The topological polar surface area (TPSA) is 75.4 Å². The molecule has 0 bridgehead atoms. The average Bonchev–Trinajstić information content (AvgIpc) is 3.50. The summed E-state index contributed by atoms with van der Waals surface area (Å²) in [6.07, 6.45) is 2.13. The maximum Gasteiger partial charge on any atom is 0.239 e. The second kappa shape index (κ2) is 9.15. The standard InChI is InChI=1S/C23H22ClN5OS2/c24-17-3-1-15(2-4-17)11-18(25)23(30)29-8-6-28(7-9-29)22-21-19(26-14-27-22)12-20(32-21)16-5-10-31-13-16/h1-5,10,12-14,18H,6-9,11,25H2/t18-/m1/s1. The number of hydrogen-bond acceptors (Lipinski definition) is 7. The lowest BCUT2D eigenvalue weighted by Gasteiger charge is -2.36. The van der Waals surface area contributed by atoms with Crippen molar-refractivity contribution in [2.45, 2.75) is 12.5 Å². The fourth-order valence-corrected chi connectivity index (χ4v) is 5.93. The van der Waals surface area contributed by atoms with Crippen molar-refractivity contribution in [3.8, 4) is 10.4 Å². The predicted molar refractivity (Wildman–Crippen MR) is 133 cm³/mol. The highest BCUT2D eigenvalue weighted by molar-refractivity contribution is 7.23. The Bertz CT molecular complexity index is 1220. The van der Waals surface area contributed by atoms with Crippen LogP contribution in [0.15, 0.2) is 53.5 Å². The largest absolute Gasteiger partial charge is 0.352 e. The molecule has 1 saturated heterocycles. The molecule has 4 aromatic rings. The molecule has 9 heteroatoms. The molecule has 4 heterocycles. The molecule has 1 amide bonds. The molecule has 1 aromatic carbocycles. The molecule has 0 unspecified atom stereocenters. The third-order valence-electron chi connectivity index (χ3n) is 5.68. The number of benzene rings is 1. The number of rotatable bonds is 5. The number of hydrogen-bond donors (Lipinski definition) is 1. The van der Waals surface area contributed by atoms with Crippen molar-refractivity contribution in [1.29, 1.82) is 0 Å². The molecule has 1 fully saturated rings. The maximum absolute atomic E-state index is 12.9. The first-order valence-electron chi connectivity index (χ1n) is 10.4. The molecule has 0 saturated carbocycles. The Morgan fingerprint density at radius 2 is 1.91 bits per heavy atom. The van der Waals surface area contributed by atoms with Gasteiger partial charge in [0.05, 0.1) is 16.3 Å². The van der Waals surface area contributed by atoms with Crippen LogP contribution in [-0.4, -0.2) is 53.0 Å². The molecule has 0 radical (unpaired) electrons. The lowest BCUT2D eigenvalue weighted by molar-refractivity contribution is -0.132. The summed E-state index contributed by atoms with van der Waals surface area (Å²) >= 11 is 9.35. The minimum Gasteiger partial charge on any atom is -0.352 e. The second-order valence-electron chi connectivity index (χ2n) is 7.78. The summed E-state index contributed by atoms with van der Waals surface area (Å²) in [5.74, 6) is 0.933. The number of anilines is 1. The lowest BCUT2D eigenvalue weighted by Crippen LogP contribution is -2.53. The molecule has 6 nitrogen and oxygen atoms in total. The summed E-state index contributed by atoms with van der Waals surface area (Å²) in [6.45, 7) is 2.69. The first kappa shape index (κ1) is 21.3. The second-order valence-corrected chi connectivity index (χ2v) is 10.1. The monoisotopic (exact) mass is 483 g/mol. The first-order valence-corrected chi connectivity index (χ1v) is 12.5. The summed E-state index contributed by atoms with van der Waals surface area (Å²) in [7, 11) is 0. The summed E-state index contributed by atoms with van der Waals surface area (Å²) < 4.78 is 1.09. The molecular weight excluding hydrogens is 462 g/mol. The number of carbonyl (C=O) groups excluding carboxylic acids is 1. The Morgan fingerprint density at radius 1 is 1.12 bits per heavy atom. The number of piperazine rings is 1. The van der Waals surface area contributed by atoms with Gasteiger partial charge in [-0.2, -0.15) is 11.3 Å². The van der Waals surface area contributed by atoms with E-state index in [1.807, 2.05) is 29.2 Å². The van der Waals surface area contributed by atoms with E-state index in [4.69, 9.17) is 17.3 Å². The zero-order chi connectivity index (χ0) is 22.1. The van der Waals surface area contributed by atoms with Gasteiger partial charge in [-0.3, -0.25) is 4.79 Å². The van der Waals surface area contributed by atoms with E-state index in [9.17, 15) is 4.79 Å². The Morgan fingerprint density at radius 3 is 2.62 bits per heavy atom. The van der Waals surface area contributed by atoms with Gasteiger partial charge in [0.15, 0.2) is 0 Å². The third-order valence-corrected chi connectivity index (χ3v) is 7.78. The van der Waals surface area contributed by atoms with Crippen LogP contribution in [0.2, 0.25) is 5.02 Å². The van der Waals surface area contributed by atoms with Gasteiger partial charge in [-0.25, -0.2) is 9.97 Å². The van der Waals surface area contributed by atoms with E-state index in [0.29, 0.717) is 24.5 Å². The van der Waals surface area contributed by atoms with Crippen molar-refractivity contribution in [2.24, 2.45) is 5.73 Å². The van der Waals surface area contributed by atoms with E-state index in [2.05, 4.69) is 37.8 Å². The van der Waals surface area contributed by atoms with Crippen molar-refractivity contribution in [2.75, 3.05) is 31.1 Å². The van der Waals surface area contributed by atoms with Gasteiger partial charge in [-0.15, -0.1) is 11.3 Å². The zero-order valence-corrected chi connectivity index (χ0v) is 19.7. The van der Waals surface area contributed by atoms with Crippen LogP contribution in [0.1, 0.15) is 5.56 Å². The third kappa shape index (κ3) is 4.36. The predicted octanol–water partition coefficient (Wildman–Crippen LogP) is 4.29. The van der Waals surface area contributed by atoms with E-state index < -0.39 is 6.04 Å². The van der Waals surface area contributed by atoms with Crippen LogP contribution in [0, 0.1) is 0 Å². The zero-order valence-electron chi connectivity index (χ0n) is 17.3. The van der Waals surface area contributed by atoms with Crippen molar-refractivity contribution in [1.82, 2.24) is 14.9 Å². The summed E-state index contributed by atoms with van der Waals surface area (Å²) in [4.78, 5) is 27.2. The van der Waals surface area contributed by atoms with E-state index in [1.54, 1.807) is 29.0 Å². The van der Waals surface area contributed by atoms with Gasteiger partial charge in [0.25, 0.3) is 0 Å². The molecule has 1 atom stereocenters. The summed E-state index contributed by atoms with van der Waals surface area (Å²) in [5.41, 5.74) is 9.42. The Kier molecular flexibility index (Phi) is 6.10. The minimum absolute atomic E-state index is 0.0108. The number of carbonyl (C=O) groups is 1. The number of halogens is 1. The van der Waals surface area contributed by atoms with Crippen molar-refractivity contribution < 1.29 is 4.79 Å². The normalized spacial score (nSPS) is 15.3. The van der Waals surface area contributed by atoms with E-state index >= 15 is 0 Å². The van der Waals surface area contributed by atoms with E-state index in [0.717, 1.165) is 34.7 Å². The quantitative estimate of drug-likeness (QED) is 0.458. The molecule has 3 aromatic heterocycles. The van der Waals surface area contributed by atoms with Crippen LogP contribution >= 0.6 is 34.3 Å². The summed E-state index contributed by atoms with van der Waals surface area (Å²) in [6, 6.07) is 11.2. The van der Waals surface area contributed by atoms with Gasteiger partial charge >= 0.3 is 0 Å². The minimum atomic E-state index is -0.557. The number of amides is 1. The van der Waals surface area contributed by atoms with Crippen LogP contribution in [0.3, 0.4) is 0 Å². The van der Waals surface area contributed by atoms with Gasteiger partial charge in [0, 0.05) is 41.6 Å². The number of aromatic nitrogens is 2. The molecule has 5 rings (SSSR count). The van der Waals surface area contributed by atoms with Crippen molar-refractivity contribution in [3.63, 3.8) is 0 Å². The fourth-order valence-electron chi connectivity index (χ4n) is 3.95. The Balaban J connectivity index is 1.26. The smallest absolute Gasteiger partial charge is 0.239 e. The van der Waals surface area contributed by atoms with E-state index in [1.165, 1.54) is 10.4 Å². The van der Waals surface area contributed by atoms with Crippen LogP contribution in [0.5, 0.6) is 0 Å². The molecular formula is C23H22ClN5OS2. The maximum atomic E-state index is 12.9. The molecule has 1 aliphatic heterocycles. The lowest BCUT2D eigenvalue weighted by atomic mass is 10.1. The Hall–Kier alpha value is -2.52. The molecule has 164 valence electrons. The number of nitrogens with zero attached hydrogens (tertiary/aromatic N) is 4. The van der Waals surface area contributed by atoms with Gasteiger partial charge < -0.3 is 15.5 Å². The summed E-state index contributed by atoms with van der Waals surface area (Å²) in [5, 5.41) is 4.91. The van der Waals surface area contributed by atoms with Crippen LogP contribution in [-0.2, 0) is 11.2 Å². The van der Waals surface area contributed by atoms with Crippen LogP contribution in [0.4, 0.5) is 5.82 Å². The highest BCUT2D eigenvalue weighted by Crippen LogP contribution is 2.37. The number of thiophene rings is 2. The molecule has 32 heavy (non-hydrogen) atoms. The van der Waals surface area contributed by atoms with Crippen molar-refractivity contribution in [3.05, 3.63) is 64.1 Å². The highest BCUT2D eigenvalue weighted by Gasteiger charge is 2.27. The van der Waals surface area contributed by atoms with Crippen LogP contribution in [0.25, 0.3) is 20.7 Å². The molecule has 1 aliphatic rings. The average molecular weight is 484 g/mol. The van der Waals surface area contributed by atoms with Gasteiger partial charge in [-0.05, 0) is 47.0 Å². The molecule has 0 aliphatic carbocycles. The Labute approximate surface area is 199 Å². The van der Waals surface area contributed by atoms with Crippen molar-refractivity contribution >= 4 is 56.2 Å².